The average Bonchev–Trinajstić information content (AvgIpc) is 3.09. The summed E-state index contributed by atoms with van der Waals surface area (Å²) in [6, 6.07) is 13.2. The van der Waals surface area contributed by atoms with Gasteiger partial charge in [-0.15, -0.1) is 5.11 Å². The molecule has 1 aliphatic heterocycles. The van der Waals surface area contributed by atoms with Crippen LogP contribution in [0.5, 0.6) is 11.5 Å². The van der Waals surface area contributed by atoms with E-state index in [1.807, 2.05) is 77.1 Å². The highest BCUT2D eigenvalue weighted by atomic mass is 16.7. The molecule has 2 aromatic carbocycles. The van der Waals surface area contributed by atoms with Crippen molar-refractivity contribution >= 4 is 24.1 Å². The zero-order valence-corrected chi connectivity index (χ0v) is 22.0. The number of aromatic amines is 1. The summed E-state index contributed by atoms with van der Waals surface area (Å²) in [5.41, 5.74) is 8.42. The van der Waals surface area contributed by atoms with Crippen LogP contribution in [0.3, 0.4) is 0 Å². The summed E-state index contributed by atoms with van der Waals surface area (Å²) in [5.74, 6) is 1.94. The third-order valence-corrected chi connectivity index (χ3v) is 6.81. The Morgan fingerprint density at radius 2 is 1.78 bits per heavy atom. The molecule has 2 heterocycles. The predicted molar refractivity (Wildman–Crippen MR) is 140 cm³/mol. The molecule has 0 bridgehead atoms. The summed E-state index contributed by atoms with van der Waals surface area (Å²) in [6.07, 6.45) is 0. The Hall–Kier alpha value is -3.54. The van der Waals surface area contributed by atoms with Crippen LogP contribution in [-0.4, -0.2) is 42.0 Å². The van der Waals surface area contributed by atoms with E-state index < -0.39 is 23.9 Å². The maximum Gasteiger partial charge on any atom is 0.494 e. The number of rotatable bonds is 9. The van der Waals surface area contributed by atoms with Crippen molar-refractivity contribution in [2.24, 2.45) is 5.11 Å². The third kappa shape index (κ3) is 5.43. The van der Waals surface area contributed by atoms with Gasteiger partial charge in [-0.3, -0.25) is 10.1 Å². The molecule has 11 heteroatoms. The lowest BCUT2D eigenvalue weighted by atomic mass is 9.78. The number of methoxy groups -OCH3 is 1. The fourth-order valence-corrected chi connectivity index (χ4v) is 3.97. The highest BCUT2D eigenvalue weighted by molar-refractivity contribution is 6.62. The Balaban J connectivity index is 1.67. The zero-order chi connectivity index (χ0) is 26.8. The number of aromatic nitrogens is 2. The number of nitrogens with one attached hydrogen (secondary N) is 2. The van der Waals surface area contributed by atoms with Crippen LogP contribution in [0.4, 0.5) is 11.5 Å². The Kier molecular flexibility index (Phi) is 7.49. The lowest BCUT2D eigenvalue weighted by Gasteiger charge is -2.32. The van der Waals surface area contributed by atoms with Gasteiger partial charge in [0, 0.05) is 5.56 Å². The van der Waals surface area contributed by atoms with Gasteiger partial charge in [0.25, 0.3) is 11.4 Å². The lowest BCUT2D eigenvalue weighted by molar-refractivity contribution is -0.591. The van der Waals surface area contributed by atoms with Crippen LogP contribution >= 0.6 is 0 Å². The summed E-state index contributed by atoms with van der Waals surface area (Å²) in [6.45, 7) is 10.8. The summed E-state index contributed by atoms with van der Waals surface area (Å²) in [7, 11) is 1.06. The molecule has 0 atom stereocenters. The summed E-state index contributed by atoms with van der Waals surface area (Å²) >= 11 is 0. The van der Waals surface area contributed by atoms with E-state index in [2.05, 4.69) is 15.1 Å². The van der Waals surface area contributed by atoms with Gasteiger partial charge in [-0.25, -0.2) is 5.53 Å². The van der Waals surface area contributed by atoms with Gasteiger partial charge in [-0.1, -0.05) is 6.07 Å². The molecule has 4 rings (SSSR count). The van der Waals surface area contributed by atoms with E-state index in [-0.39, 0.29) is 5.69 Å². The number of benzene rings is 2. The fraction of sp³-hybridized carbons (Fsp3) is 0.385. The van der Waals surface area contributed by atoms with E-state index in [1.165, 1.54) is 0 Å². The number of hydrogen-bond donors (Lipinski definition) is 3. The first-order chi connectivity index (χ1) is 17.6. The van der Waals surface area contributed by atoms with E-state index in [4.69, 9.17) is 24.3 Å². The second-order valence-corrected chi connectivity index (χ2v) is 9.79. The number of hydrogen-bond acceptors (Lipinski definition) is 8. The topological polar surface area (TPSA) is 135 Å². The van der Waals surface area contributed by atoms with E-state index in [0.29, 0.717) is 36.1 Å². The molecule has 194 valence electrons. The van der Waals surface area contributed by atoms with Crippen LogP contribution in [-0.2, 0) is 15.9 Å². The first-order valence-electron chi connectivity index (χ1n) is 12.2. The van der Waals surface area contributed by atoms with Crippen LogP contribution in [0, 0.1) is 5.53 Å². The summed E-state index contributed by atoms with van der Waals surface area (Å²) in [5, 5.41) is 5.21. The maximum absolute atomic E-state index is 12.8. The molecule has 3 aromatic rings. The molecule has 0 spiro atoms. The molecule has 4 N–H and O–H groups in total. The van der Waals surface area contributed by atoms with Crippen molar-refractivity contribution in [1.29, 1.82) is 5.53 Å². The van der Waals surface area contributed by atoms with Gasteiger partial charge in [0.05, 0.1) is 30.5 Å². The number of nitrogens with two attached hydrogens (primary N) is 1. The van der Waals surface area contributed by atoms with E-state index in [9.17, 15) is 4.79 Å². The number of nitrogens with zero attached hydrogens (tertiary/aromatic N) is 2. The second-order valence-electron chi connectivity index (χ2n) is 9.79. The molecule has 0 saturated carbocycles. The molecule has 37 heavy (non-hydrogen) atoms. The van der Waals surface area contributed by atoms with Crippen LogP contribution in [0.1, 0.15) is 40.2 Å². The highest BCUT2D eigenvalue weighted by Gasteiger charge is 2.51. The van der Waals surface area contributed by atoms with Crippen molar-refractivity contribution in [3.63, 3.8) is 0 Å². The zero-order valence-electron chi connectivity index (χ0n) is 22.0. The normalized spacial score (nSPS) is 16.0. The minimum absolute atomic E-state index is 0.0518. The Morgan fingerprint density at radius 3 is 2.38 bits per heavy atom. The molecule has 0 aliphatic carbocycles. The number of H-pyrrole nitrogens is 1. The van der Waals surface area contributed by atoms with Gasteiger partial charge in [0.15, 0.2) is 0 Å². The molecule has 0 radical (unpaired) electrons. The first-order valence-corrected chi connectivity index (χ1v) is 12.2. The minimum Gasteiger partial charge on any atom is -0.497 e. The second kappa shape index (κ2) is 10.4. The van der Waals surface area contributed by atoms with E-state index in [0.717, 1.165) is 16.8 Å². The summed E-state index contributed by atoms with van der Waals surface area (Å²) < 4.78 is 23.5. The largest absolute Gasteiger partial charge is 0.497 e. The number of quaternary nitrogens is 1. The van der Waals surface area contributed by atoms with E-state index in [1.54, 1.807) is 12.4 Å². The third-order valence-electron chi connectivity index (χ3n) is 6.81. The molecule has 1 aliphatic rings. The highest BCUT2D eigenvalue weighted by Crippen LogP contribution is 2.37. The van der Waals surface area contributed by atoms with Crippen LogP contribution in [0.2, 0.25) is 0 Å². The monoisotopic (exact) mass is 506 g/mol. The molecule has 1 saturated heterocycles. The molecular weight excluding hydrogens is 473 g/mol. The standard InChI is InChI=1S/C26H32BN5O5/c1-7-35-20-14-17(27-36-25(2,3)26(4,5)37-27)10-13-19(20)22-30-23(21(32-28)24(33)31-22)29-15-16-8-11-18(34-6)12-9-16/h8-14,28H,7,15H2,1-6H3,(H2,29,30,31,33)/p+1. The van der Waals surface area contributed by atoms with Crippen LogP contribution in [0.25, 0.3) is 11.4 Å². The van der Waals surface area contributed by atoms with Crippen molar-refractivity contribution in [3.05, 3.63) is 58.4 Å². The van der Waals surface area contributed by atoms with Gasteiger partial charge >= 0.3 is 7.12 Å². The molecule has 0 amide bonds. The van der Waals surface area contributed by atoms with Gasteiger partial charge in [-0.05, 0) is 76.5 Å². The SMILES string of the molecule is CCOc1cc(B2OC(C)(C)C(C)(C)O2)ccc1-c1nc([NH2+]Cc2ccc(OC)cc2)c(N=N)c(=O)[nH]1. The Bertz CT molecular complexity index is 1320. The molecule has 0 unspecified atom stereocenters. The maximum atomic E-state index is 12.8. The van der Waals surface area contributed by atoms with Crippen LogP contribution in [0.15, 0.2) is 52.4 Å². The van der Waals surface area contributed by atoms with Gasteiger partial charge in [0.1, 0.15) is 23.9 Å². The Morgan fingerprint density at radius 1 is 1.11 bits per heavy atom. The molecule has 1 aromatic heterocycles. The van der Waals surface area contributed by atoms with Crippen LogP contribution < -0.4 is 25.8 Å². The lowest BCUT2D eigenvalue weighted by Crippen LogP contribution is -2.77. The predicted octanol–water partition coefficient (Wildman–Crippen LogP) is 3.20. The van der Waals surface area contributed by atoms with Gasteiger partial charge < -0.3 is 23.8 Å². The van der Waals surface area contributed by atoms with Crippen molar-refractivity contribution in [1.82, 2.24) is 9.97 Å². The fourth-order valence-electron chi connectivity index (χ4n) is 3.97. The average molecular weight is 506 g/mol. The van der Waals surface area contributed by atoms with Crippen molar-refractivity contribution in [2.75, 3.05) is 13.7 Å². The Labute approximate surface area is 216 Å². The smallest absolute Gasteiger partial charge is 0.494 e. The van der Waals surface area contributed by atoms with Crippen molar-refractivity contribution < 1.29 is 24.1 Å². The molecular formula is C26H33BN5O5+. The van der Waals surface area contributed by atoms with Gasteiger partial charge in [0.2, 0.25) is 5.69 Å². The minimum atomic E-state index is -0.553. The molecule has 1 fully saturated rings. The number of ether oxygens (including phenoxy) is 2. The van der Waals surface area contributed by atoms with Crippen molar-refractivity contribution in [2.45, 2.75) is 52.4 Å². The first kappa shape index (κ1) is 26.5. The molecule has 10 nitrogen and oxygen atoms in total. The van der Waals surface area contributed by atoms with Crippen molar-refractivity contribution in [3.8, 4) is 22.9 Å². The van der Waals surface area contributed by atoms with Gasteiger partial charge in [-0.2, -0.15) is 4.98 Å². The van der Waals surface area contributed by atoms with E-state index >= 15 is 0 Å². The quantitative estimate of drug-likeness (QED) is 0.301. The summed E-state index contributed by atoms with van der Waals surface area (Å²) in [4.78, 5) is 20.2.